The summed E-state index contributed by atoms with van der Waals surface area (Å²) in [5.74, 6) is 1.13. The molecule has 0 radical (unpaired) electrons. The van der Waals surface area contributed by atoms with Crippen LogP contribution in [0.4, 0.5) is 11.5 Å². The maximum absolute atomic E-state index is 5.95. The molecule has 0 spiro atoms. The van der Waals surface area contributed by atoms with Crippen LogP contribution < -0.4 is 15.4 Å². The Morgan fingerprint density at radius 1 is 1.41 bits per heavy atom. The van der Waals surface area contributed by atoms with E-state index in [0.29, 0.717) is 30.6 Å². The van der Waals surface area contributed by atoms with E-state index in [0.717, 1.165) is 13.0 Å². The Hall–Kier alpha value is -1.56. The molecular formula is C11H20N4O2. The summed E-state index contributed by atoms with van der Waals surface area (Å²) in [6.07, 6.45) is 2.38. The Kier molecular flexibility index (Phi) is 5.48. The molecule has 0 bridgehead atoms. The SMILES string of the molecule is CCOc1ncnc(N(C)CCCOC)c1N. The number of nitrogens with two attached hydrogens (primary N) is 1. The molecule has 1 aromatic heterocycles. The molecule has 96 valence electrons. The van der Waals surface area contributed by atoms with Gasteiger partial charge in [0.25, 0.3) is 0 Å². The van der Waals surface area contributed by atoms with Crippen molar-refractivity contribution in [3.8, 4) is 5.88 Å². The number of hydrogen-bond acceptors (Lipinski definition) is 6. The highest BCUT2D eigenvalue weighted by molar-refractivity contribution is 5.67. The first-order valence-electron chi connectivity index (χ1n) is 5.64. The lowest BCUT2D eigenvalue weighted by Gasteiger charge is -2.20. The van der Waals surface area contributed by atoms with E-state index in [1.54, 1.807) is 7.11 Å². The predicted molar refractivity (Wildman–Crippen MR) is 67.4 cm³/mol. The zero-order chi connectivity index (χ0) is 12.7. The van der Waals surface area contributed by atoms with Gasteiger partial charge in [0, 0.05) is 27.3 Å². The molecule has 6 heteroatoms. The topological polar surface area (TPSA) is 73.5 Å². The van der Waals surface area contributed by atoms with Crippen molar-refractivity contribution in [1.82, 2.24) is 9.97 Å². The zero-order valence-electron chi connectivity index (χ0n) is 10.6. The van der Waals surface area contributed by atoms with Gasteiger partial charge in [0.15, 0.2) is 5.82 Å². The van der Waals surface area contributed by atoms with E-state index in [2.05, 4.69) is 9.97 Å². The highest BCUT2D eigenvalue weighted by atomic mass is 16.5. The predicted octanol–water partition coefficient (Wildman–Crippen LogP) is 0.930. The summed E-state index contributed by atoms with van der Waals surface area (Å²) in [6.45, 7) is 3.96. The van der Waals surface area contributed by atoms with Gasteiger partial charge in [0.05, 0.1) is 6.61 Å². The lowest BCUT2D eigenvalue weighted by Crippen LogP contribution is -2.22. The molecule has 0 unspecified atom stereocenters. The lowest BCUT2D eigenvalue weighted by molar-refractivity contribution is 0.196. The minimum atomic E-state index is 0.441. The second-order valence-corrected chi connectivity index (χ2v) is 3.62. The van der Waals surface area contributed by atoms with Crippen molar-refractivity contribution in [2.24, 2.45) is 0 Å². The van der Waals surface area contributed by atoms with Gasteiger partial charge in [-0.05, 0) is 13.3 Å². The van der Waals surface area contributed by atoms with Crippen LogP contribution in [0.2, 0.25) is 0 Å². The average molecular weight is 240 g/mol. The number of nitrogen functional groups attached to an aromatic ring is 1. The van der Waals surface area contributed by atoms with Gasteiger partial charge in [0.1, 0.15) is 12.0 Å². The summed E-state index contributed by atoms with van der Waals surface area (Å²) in [4.78, 5) is 10.1. The van der Waals surface area contributed by atoms with E-state index in [9.17, 15) is 0 Å². The van der Waals surface area contributed by atoms with E-state index in [4.69, 9.17) is 15.2 Å². The minimum Gasteiger partial charge on any atom is -0.476 e. The van der Waals surface area contributed by atoms with Gasteiger partial charge in [-0.1, -0.05) is 0 Å². The first-order valence-corrected chi connectivity index (χ1v) is 5.64. The quantitative estimate of drug-likeness (QED) is 0.715. The maximum atomic E-state index is 5.95. The first-order chi connectivity index (χ1) is 8.20. The largest absolute Gasteiger partial charge is 0.476 e. The third-order valence-corrected chi connectivity index (χ3v) is 2.31. The molecule has 0 amide bonds. The molecule has 2 N–H and O–H groups in total. The molecule has 0 aliphatic rings. The molecule has 1 aromatic rings. The third kappa shape index (κ3) is 3.74. The summed E-state index contributed by atoms with van der Waals surface area (Å²) in [5.41, 5.74) is 6.43. The van der Waals surface area contributed by atoms with Crippen LogP contribution in [-0.2, 0) is 4.74 Å². The molecule has 1 rings (SSSR count). The molecule has 0 atom stereocenters. The normalized spacial score (nSPS) is 10.3. The van der Waals surface area contributed by atoms with Crippen molar-refractivity contribution in [2.75, 3.05) is 44.5 Å². The molecule has 0 aromatic carbocycles. The van der Waals surface area contributed by atoms with E-state index in [1.165, 1.54) is 6.33 Å². The van der Waals surface area contributed by atoms with Gasteiger partial charge in [-0.25, -0.2) is 4.98 Å². The maximum Gasteiger partial charge on any atom is 0.242 e. The minimum absolute atomic E-state index is 0.441. The van der Waals surface area contributed by atoms with E-state index in [1.807, 2.05) is 18.9 Å². The molecule has 0 fully saturated rings. The van der Waals surface area contributed by atoms with Crippen LogP contribution in [0.25, 0.3) is 0 Å². The van der Waals surface area contributed by atoms with Crippen LogP contribution in [0.5, 0.6) is 5.88 Å². The van der Waals surface area contributed by atoms with Crippen molar-refractivity contribution in [3.63, 3.8) is 0 Å². The molecule has 17 heavy (non-hydrogen) atoms. The summed E-state index contributed by atoms with van der Waals surface area (Å²) in [7, 11) is 3.62. The van der Waals surface area contributed by atoms with Crippen LogP contribution in [0.3, 0.4) is 0 Å². The van der Waals surface area contributed by atoms with Gasteiger partial charge >= 0.3 is 0 Å². The smallest absolute Gasteiger partial charge is 0.242 e. The Morgan fingerprint density at radius 2 is 2.18 bits per heavy atom. The number of rotatable bonds is 7. The van der Waals surface area contributed by atoms with Gasteiger partial charge in [-0.3, -0.25) is 0 Å². The highest BCUT2D eigenvalue weighted by Gasteiger charge is 2.12. The van der Waals surface area contributed by atoms with Crippen LogP contribution >= 0.6 is 0 Å². The Bertz CT molecular complexity index is 346. The summed E-state index contributed by atoms with van der Waals surface area (Å²) < 4.78 is 10.3. The Morgan fingerprint density at radius 3 is 2.82 bits per heavy atom. The van der Waals surface area contributed by atoms with Crippen LogP contribution in [-0.4, -0.2) is 43.9 Å². The molecule has 0 aliphatic carbocycles. The van der Waals surface area contributed by atoms with Gasteiger partial charge in [-0.15, -0.1) is 0 Å². The van der Waals surface area contributed by atoms with Crippen molar-refractivity contribution in [1.29, 1.82) is 0 Å². The van der Waals surface area contributed by atoms with Gasteiger partial charge in [-0.2, -0.15) is 4.98 Å². The number of hydrogen-bond donors (Lipinski definition) is 1. The van der Waals surface area contributed by atoms with Crippen molar-refractivity contribution < 1.29 is 9.47 Å². The van der Waals surface area contributed by atoms with E-state index in [-0.39, 0.29) is 0 Å². The fourth-order valence-corrected chi connectivity index (χ4v) is 1.48. The van der Waals surface area contributed by atoms with Crippen LogP contribution in [0.1, 0.15) is 13.3 Å². The average Bonchev–Trinajstić information content (AvgIpc) is 2.32. The van der Waals surface area contributed by atoms with E-state index < -0.39 is 0 Å². The molecule has 0 saturated heterocycles. The lowest BCUT2D eigenvalue weighted by atomic mass is 10.3. The Labute approximate surface area is 102 Å². The van der Waals surface area contributed by atoms with Gasteiger partial charge in [0.2, 0.25) is 5.88 Å². The Balaban J connectivity index is 2.72. The van der Waals surface area contributed by atoms with Gasteiger partial charge < -0.3 is 20.1 Å². The second-order valence-electron chi connectivity index (χ2n) is 3.62. The van der Waals surface area contributed by atoms with E-state index >= 15 is 0 Å². The molecule has 0 saturated carbocycles. The fourth-order valence-electron chi connectivity index (χ4n) is 1.48. The number of anilines is 2. The highest BCUT2D eigenvalue weighted by Crippen LogP contribution is 2.26. The van der Waals surface area contributed by atoms with Crippen LogP contribution in [0, 0.1) is 0 Å². The second kappa shape index (κ2) is 6.90. The summed E-state index contributed by atoms with van der Waals surface area (Å²) >= 11 is 0. The summed E-state index contributed by atoms with van der Waals surface area (Å²) in [5, 5.41) is 0. The number of aromatic nitrogens is 2. The molecule has 0 aliphatic heterocycles. The summed E-state index contributed by atoms with van der Waals surface area (Å²) in [6, 6.07) is 0. The monoisotopic (exact) mass is 240 g/mol. The molecule has 6 nitrogen and oxygen atoms in total. The van der Waals surface area contributed by atoms with Crippen molar-refractivity contribution in [2.45, 2.75) is 13.3 Å². The number of methoxy groups -OCH3 is 1. The van der Waals surface area contributed by atoms with Crippen molar-refractivity contribution >= 4 is 11.5 Å². The number of nitrogens with zero attached hydrogens (tertiary/aromatic N) is 3. The van der Waals surface area contributed by atoms with Crippen LogP contribution in [0.15, 0.2) is 6.33 Å². The number of ether oxygens (including phenoxy) is 2. The molecular weight excluding hydrogens is 220 g/mol. The standard InChI is InChI=1S/C11H20N4O2/c1-4-17-11-9(12)10(13-8-14-11)15(2)6-5-7-16-3/h8H,4-7,12H2,1-3H3. The van der Waals surface area contributed by atoms with Crippen molar-refractivity contribution in [3.05, 3.63) is 6.33 Å². The zero-order valence-corrected chi connectivity index (χ0v) is 10.6. The molecule has 1 heterocycles. The third-order valence-electron chi connectivity index (χ3n) is 2.31. The fraction of sp³-hybridized carbons (Fsp3) is 0.636. The first kappa shape index (κ1) is 13.5.